The van der Waals surface area contributed by atoms with Crippen LogP contribution in [0.15, 0.2) is 42.6 Å². The molecule has 1 heterocycles. The van der Waals surface area contributed by atoms with Crippen LogP contribution in [0.5, 0.6) is 0 Å². The Kier molecular flexibility index (Phi) is 4.90. The van der Waals surface area contributed by atoms with Gasteiger partial charge in [-0.25, -0.2) is 0 Å². The predicted octanol–water partition coefficient (Wildman–Crippen LogP) is 4.13. The van der Waals surface area contributed by atoms with Crippen LogP contribution in [-0.4, -0.2) is 10.9 Å². The van der Waals surface area contributed by atoms with Gasteiger partial charge in [0.15, 0.2) is 0 Å². The molecule has 0 bridgehead atoms. The number of amides is 1. The highest BCUT2D eigenvalue weighted by atomic mass is 127. The van der Waals surface area contributed by atoms with Gasteiger partial charge in [-0.05, 0) is 47.2 Å². The van der Waals surface area contributed by atoms with E-state index in [4.69, 9.17) is 0 Å². The Morgan fingerprint density at radius 1 is 1.37 bits per heavy atom. The number of anilines is 1. The summed E-state index contributed by atoms with van der Waals surface area (Å²) >= 11 is 2.27. The minimum atomic E-state index is -0.0159. The van der Waals surface area contributed by atoms with Crippen LogP contribution in [0.3, 0.4) is 0 Å². The summed E-state index contributed by atoms with van der Waals surface area (Å²) in [6.45, 7) is 2.05. The Morgan fingerprint density at radius 2 is 2.21 bits per heavy atom. The number of benzene rings is 1. The number of carbonyl (C=O) groups excluding carboxylic acids is 1. The van der Waals surface area contributed by atoms with E-state index in [-0.39, 0.29) is 5.91 Å². The lowest BCUT2D eigenvalue weighted by Crippen LogP contribution is -2.10. The van der Waals surface area contributed by atoms with Gasteiger partial charge in [0, 0.05) is 21.6 Å². The summed E-state index contributed by atoms with van der Waals surface area (Å²) < 4.78 is 1.13. The molecule has 1 N–H and O–H groups in total. The van der Waals surface area contributed by atoms with Crippen molar-refractivity contribution in [2.45, 2.75) is 19.8 Å². The maximum absolute atomic E-state index is 11.8. The second kappa shape index (κ2) is 6.65. The molecule has 0 saturated heterocycles. The molecule has 2 rings (SSSR count). The minimum Gasteiger partial charge on any atom is -0.324 e. The van der Waals surface area contributed by atoms with E-state index >= 15 is 0 Å². The van der Waals surface area contributed by atoms with E-state index in [1.807, 2.05) is 43.3 Å². The van der Waals surface area contributed by atoms with Crippen molar-refractivity contribution in [3.8, 4) is 0 Å². The number of carbonyl (C=O) groups is 1. The van der Waals surface area contributed by atoms with Crippen molar-refractivity contribution in [2.75, 3.05) is 5.32 Å². The Labute approximate surface area is 126 Å². The molecule has 19 heavy (non-hydrogen) atoms. The van der Waals surface area contributed by atoms with Crippen LogP contribution >= 0.6 is 22.6 Å². The Hall–Kier alpha value is -1.43. The van der Waals surface area contributed by atoms with Crippen LogP contribution in [0.1, 0.15) is 19.8 Å². The van der Waals surface area contributed by atoms with E-state index in [0.29, 0.717) is 6.42 Å². The zero-order valence-corrected chi connectivity index (χ0v) is 12.8. The zero-order chi connectivity index (χ0) is 13.7. The molecule has 0 saturated carbocycles. The fourth-order valence-electron chi connectivity index (χ4n) is 1.80. The highest BCUT2D eigenvalue weighted by Crippen LogP contribution is 2.25. The van der Waals surface area contributed by atoms with E-state index in [9.17, 15) is 4.79 Å². The third kappa shape index (κ3) is 3.53. The lowest BCUT2D eigenvalue weighted by molar-refractivity contribution is -0.115. The van der Waals surface area contributed by atoms with Crippen molar-refractivity contribution >= 4 is 45.1 Å². The molecule has 2 aromatic rings. The second-order valence-electron chi connectivity index (χ2n) is 4.13. The monoisotopic (exact) mass is 366 g/mol. The van der Waals surface area contributed by atoms with Gasteiger partial charge in [0.25, 0.3) is 0 Å². The summed E-state index contributed by atoms with van der Waals surface area (Å²) in [7, 11) is 0. The first kappa shape index (κ1) is 14.0. The number of hydrogen-bond donors (Lipinski definition) is 1. The number of nitrogens with zero attached hydrogens (tertiary/aromatic N) is 1. The van der Waals surface area contributed by atoms with Crippen LogP contribution in [-0.2, 0) is 4.79 Å². The molecule has 0 radical (unpaired) electrons. The van der Waals surface area contributed by atoms with Gasteiger partial charge in [-0.1, -0.05) is 25.1 Å². The fraction of sp³-hybridized carbons (Fsp3) is 0.200. The van der Waals surface area contributed by atoms with Gasteiger partial charge in [-0.2, -0.15) is 0 Å². The smallest absolute Gasteiger partial charge is 0.228 e. The number of allylic oxidation sites excluding steroid dienone is 1. The molecule has 1 aromatic carbocycles. The number of hydrogen-bond acceptors (Lipinski definition) is 2. The molecule has 1 aromatic heterocycles. The third-order valence-electron chi connectivity index (χ3n) is 2.70. The Balaban J connectivity index is 2.24. The van der Waals surface area contributed by atoms with Gasteiger partial charge in [0.1, 0.15) is 0 Å². The normalized spacial score (nSPS) is 11.1. The first-order valence-electron chi connectivity index (χ1n) is 6.20. The van der Waals surface area contributed by atoms with Crippen molar-refractivity contribution in [1.82, 2.24) is 4.98 Å². The summed E-state index contributed by atoms with van der Waals surface area (Å²) in [5.41, 5.74) is 1.60. The molecule has 0 aliphatic carbocycles. The summed E-state index contributed by atoms with van der Waals surface area (Å²) in [4.78, 5) is 16.2. The molecule has 0 aliphatic heterocycles. The van der Waals surface area contributed by atoms with Gasteiger partial charge in [0.2, 0.25) is 5.91 Å². The zero-order valence-electron chi connectivity index (χ0n) is 10.7. The van der Waals surface area contributed by atoms with E-state index in [0.717, 1.165) is 26.6 Å². The Morgan fingerprint density at radius 3 is 3.00 bits per heavy atom. The first-order chi connectivity index (χ1) is 9.22. The molecule has 0 unspecified atom stereocenters. The number of halogens is 1. The number of rotatable bonds is 4. The quantitative estimate of drug-likeness (QED) is 0.653. The summed E-state index contributed by atoms with van der Waals surface area (Å²) in [5, 5.41) is 3.98. The van der Waals surface area contributed by atoms with Crippen LogP contribution in [0.25, 0.3) is 10.9 Å². The summed E-state index contributed by atoms with van der Waals surface area (Å²) in [6, 6.07) is 7.80. The van der Waals surface area contributed by atoms with Crippen LogP contribution in [0.2, 0.25) is 0 Å². The lowest BCUT2D eigenvalue weighted by atomic mass is 10.2. The first-order valence-corrected chi connectivity index (χ1v) is 7.28. The average Bonchev–Trinajstić information content (AvgIpc) is 2.43. The molecule has 0 spiro atoms. The van der Waals surface area contributed by atoms with Crippen molar-refractivity contribution in [2.24, 2.45) is 0 Å². The topological polar surface area (TPSA) is 42.0 Å². The van der Waals surface area contributed by atoms with Crippen LogP contribution in [0, 0.1) is 3.57 Å². The number of nitrogens with one attached hydrogen (secondary N) is 1. The number of fused-ring (bicyclic) bond motifs is 1. The standard InChI is InChI=1S/C15H15IN2O/c1-2-3-4-7-14(19)18-13-9-8-12(16)11-6-5-10-17-15(11)13/h3-6,8-10H,2,7H2,1H3,(H,18,19)/b4-3-. The van der Waals surface area contributed by atoms with E-state index < -0.39 is 0 Å². The lowest BCUT2D eigenvalue weighted by Gasteiger charge is -2.08. The van der Waals surface area contributed by atoms with E-state index in [1.165, 1.54) is 0 Å². The molecular formula is C15H15IN2O. The summed E-state index contributed by atoms with van der Waals surface area (Å²) in [5.74, 6) is -0.0159. The predicted molar refractivity (Wildman–Crippen MR) is 87.1 cm³/mol. The SMILES string of the molecule is CC/C=C\CC(=O)Nc1ccc(I)c2cccnc12. The number of aromatic nitrogens is 1. The van der Waals surface area contributed by atoms with Crippen LogP contribution in [0.4, 0.5) is 5.69 Å². The van der Waals surface area contributed by atoms with Crippen molar-refractivity contribution < 1.29 is 4.79 Å². The molecule has 3 nitrogen and oxygen atoms in total. The van der Waals surface area contributed by atoms with E-state index in [1.54, 1.807) is 6.20 Å². The van der Waals surface area contributed by atoms with Gasteiger partial charge in [-0.3, -0.25) is 9.78 Å². The average molecular weight is 366 g/mol. The third-order valence-corrected chi connectivity index (χ3v) is 3.64. The van der Waals surface area contributed by atoms with Gasteiger partial charge >= 0.3 is 0 Å². The van der Waals surface area contributed by atoms with Crippen molar-refractivity contribution in [3.63, 3.8) is 0 Å². The van der Waals surface area contributed by atoms with Crippen LogP contribution < -0.4 is 5.32 Å². The Bertz CT molecular complexity index is 623. The molecular weight excluding hydrogens is 351 g/mol. The minimum absolute atomic E-state index is 0.0159. The van der Waals surface area contributed by atoms with Crippen molar-refractivity contribution in [3.05, 3.63) is 46.2 Å². The maximum Gasteiger partial charge on any atom is 0.228 e. The maximum atomic E-state index is 11.8. The van der Waals surface area contributed by atoms with Gasteiger partial charge in [0.05, 0.1) is 11.2 Å². The molecule has 0 aliphatic rings. The number of pyridine rings is 1. The fourth-order valence-corrected chi connectivity index (χ4v) is 2.41. The molecule has 1 amide bonds. The molecule has 98 valence electrons. The molecule has 4 heteroatoms. The highest BCUT2D eigenvalue weighted by molar-refractivity contribution is 14.1. The van der Waals surface area contributed by atoms with Gasteiger partial charge in [-0.15, -0.1) is 0 Å². The largest absolute Gasteiger partial charge is 0.324 e. The highest BCUT2D eigenvalue weighted by Gasteiger charge is 2.07. The summed E-state index contributed by atoms with van der Waals surface area (Å²) in [6.07, 6.45) is 6.96. The van der Waals surface area contributed by atoms with Gasteiger partial charge < -0.3 is 5.32 Å². The van der Waals surface area contributed by atoms with E-state index in [2.05, 4.69) is 32.9 Å². The molecule has 0 atom stereocenters. The molecule has 0 fully saturated rings. The second-order valence-corrected chi connectivity index (χ2v) is 5.29. The van der Waals surface area contributed by atoms with Crippen molar-refractivity contribution in [1.29, 1.82) is 0 Å².